The summed E-state index contributed by atoms with van der Waals surface area (Å²) in [5.41, 5.74) is 1.26. The van der Waals surface area contributed by atoms with Crippen LogP contribution in [0.5, 0.6) is 0 Å². The molecule has 1 aromatic carbocycles. The topological polar surface area (TPSA) is 44.1 Å². The van der Waals surface area contributed by atoms with Crippen LogP contribution in [0.4, 0.5) is 0 Å². The average molecular weight is 295 g/mol. The van der Waals surface area contributed by atoms with Crippen molar-refractivity contribution in [1.29, 1.82) is 0 Å². The molecule has 0 aliphatic rings. The number of aromatic nitrogens is 2. The highest BCUT2D eigenvalue weighted by Gasteiger charge is 2.14. The van der Waals surface area contributed by atoms with Crippen molar-refractivity contribution in [3.05, 3.63) is 46.5 Å². The highest BCUT2D eigenvalue weighted by atomic mass is 79.9. The van der Waals surface area contributed by atoms with Crippen LogP contribution in [0.15, 0.2) is 35.1 Å². The third-order valence-electron chi connectivity index (χ3n) is 2.45. The standard InChI is InChI=1S/C12H11BrN2O2/c1-8-14-5-6-15(8)11-4-3-9(13)7-10(11)12(16)17-2/h3-7H,1-2H3. The molecule has 0 saturated heterocycles. The van der Waals surface area contributed by atoms with Crippen LogP contribution in [0.25, 0.3) is 5.69 Å². The van der Waals surface area contributed by atoms with Gasteiger partial charge in [-0.3, -0.25) is 0 Å². The minimum atomic E-state index is -0.366. The Morgan fingerprint density at radius 2 is 2.24 bits per heavy atom. The maximum Gasteiger partial charge on any atom is 0.340 e. The van der Waals surface area contributed by atoms with E-state index in [0.29, 0.717) is 5.56 Å². The number of rotatable bonds is 2. The summed E-state index contributed by atoms with van der Waals surface area (Å²) in [4.78, 5) is 15.9. The molecular formula is C12H11BrN2O2. The number of hydrogen-bond donors (Lipinski definition) is 0. The van der Waals surface area contributed by atoms with Crippen LogP contribution in [0.3, 0.4) is 0 Å². The molecule has 0 aliphatic heterocycles. The van der Waals surface area contributed by atoms with Gasteiger partial charge >= 0.3 is 5.97 Å². The summed E-state index contributed by atoms with van der Waals surface area (Å²) in [6.45, 7) is 1.88. The van der Waals surface area contributed by atoms with E-state index in [2.05, 4.69) is 20.9 Å². The van der Waals surface area contributed by atoms with E-state index >= 15 is 0 Å². The molecule has 17 heavy (non-hydrogen) atoms. The van der Waals surface area contributed by atoms with Crippen molar-refractivity contribution in [1.82, 2.24) is 9.55 Å². The fourth-order valence-electron chi connectivity index (χ4n) is 1.62. The summed E-state index contributed by atoms with van der Waals surface area (Å²) in [6.07, 6.45) is 3.50. The lowest BCUT2D eigenvalue weighted by Crippen LogP contribution is -2.08. The minimum Gasteiger partial charge on any atom is -0.465 e. The molecule has 0 amide bonds. The predicted molar refractivity (Wildman–Crippen MR) is 67.3 cm³/mol. The number of aryl methyl sites for hydroxylation is 1. The smallest absolute Gasteiger partial charge is 0.340 e. The normalized spacial score (nSPS) is 10.3. The number of halogens is 1. The average Bonchev–Trinajstić information content (AvgIpc) is 2.74. The van der Waals surface area contributed by atoms with Crippen molar-refractivity contribution in [2.45, 2.75) is 6.92 Å². The fourth-order valence-corrected chi connectivity index (χ4v) is 1.99. The molecule has 0 N–H and O–H groups in total. The molecule has 0 fully saturated rings. The number of hydrogen-bond acceptors (Lipinski definition) is 3. The summed E-state index contributed by atoms with van der Waals surface area (Å²) in [5, 5.41) is 0. The fraction of sp³-hybridized carbons (Fsp3) is 0.167. The second kappa shape index (κ2) is 4.71. The number of imidazole rings is 1. The van der Waals surface area contributed by atoms with E-state index in [1.165, 1.54) is 7.11 Å². The number of carbonyl (C=O) groups excluding carboxylic acids is 1. The third kappa shape index (κ3) is 2.24. The Labute approximate surface area is 107 Å². The Morgan fingerprint density at radius 1 is 1.47 bits per heavy atom. The molecule has 0 atom stereocenters. The molecule has 5 heteroatoms. The number of carbonyl (C=O) groups is 1. The van der Waals surface area contributed by atoms with Crippen molar-refractivity contribution in [2.24, 2.45) is 0 Å². The zero-order chi connectivity index (χ0) is 12.4. The molecule has 2 rings (SSSR count). The van der Waals surface area contributed by atoms with Gasteiger partial charge in [0.25, 0.3) is 0 Å². The van der Waals surface area contributed by atoms with Crippen LogP contribution in [-0.4, -0.2) is 22.6 Å². The number of benzene rings is 1. The number of ether oxygens (including phenoxy) is 1. The Morgan fingerprint density at radius 3 is 2.82 bits per heavy atom. The van der Waals surface area contributed by atoms with Gasteiger partial charge in [0.1, 0.15) is 5.82 Å². The van der Waals surface area contributed by atoms with Gasteiger partial charge in [0, 0.05) is 16.9 Å². The lowest BCUT2D eigenvalue weighted by atomic mass is 10.1. The van der Waals surface area contributed by atoms with Crippen molar-refractivity contribution < 1.29 is 9.53 Å². The maximum absolute atomic E-state index is 11.7. The molecule has 1 aromatic heterocycles. The van der Waals surface area contributed by atoms with Crippen LogP contribution < -0.4 is 0 Å². The lowest BCUT2D eigenvalue weighted by molar-refractivity contribution is 0.0600. The molecule has 0 spiro atoms. The van der Waals surface area contributed by atoms with E-state index in [9.17, 15) is 4.79 Å². The minimum absolute atomic E-state index is 0.366. The molecule has 4 nitrogen and oxygen atoms in total. The Hall–Kier alpha value is -1.62. The Balaban J connectivity index is 2.62. The highest BCUT2D eigenvalue weighted by molar-refractivity contribution is 9.10. The first-order chi connectivity index (χ1) is 8.13. The van der Waals surface area contributed by atoms with E-state index in [1.54, 1.807) is 12.3 Å². The second-order valence-electron chi connectivity index (χ2n) is 3.50. The summed E-state index contributed by atoms with van der Waals surface area (Å²) >= 11 is 3.34. The van der Waals surface area contributed by atoms with Gasteiger partial charge in [-0.2, -0.15) is 0 Å². The molecule has 0 aliphatic carbocycles. The molecule has 0 saturated carbocycles. The number of nitrogens with zero attached hydrogens (tertiary/aromatic N) is 2. The first kappa shape index (κ1) is 11.9. The number of methoxy groups -OCH3 is 1. The molecule has 88 valence electrons. The SMILES string of the molecule is COC(=O)c1cc(Br)ccc1-n1ccnc1C. The number of esters is 1. The van der Waals surface area contributed by atoms with Crippen molar-refractivity contribution in [3.8, 4) is 5.69 Å². The predicted octanol–water partition coefficient (Wildman–Crippen LogP) is 2.73. The molecular weight excluding hydrogens is 284 g/mol. The quantitative estimate of drug-likeness (QED) is 0.800. The molecule has 1 heterocycles. The third-order valence-corrected chi connectivity index (χ3v) is 2.94. The molecule has 0 bridgehead atoms. The van der Waals surface area contributed by atoms with Crippen LogP contribution in [-0.2, 0) is 4.74 Å². The molecule has 2 aromatic rings. The summed E-state index contributed by atoms with van der Waals surface area (Å²) in [7, 11) is 1.37. The van der Waals surface area contributed by atoms with E-state index in [0.717, 1.165) is 16.0 Å². The van der Waals surface area contributed by atoms with Gasteiger partial charge < -0.3 is 9.30 Å². The van der Waals surface area contributed by atoms with E-state index < -0.39 is 0 Å². The Kier molecular flexibility index (Phi) is 3.28. The monoisotopic (exact) mass is 294 g/mol. The van der Waals surface area contributed by atoms with E-state index in [-0.39, 0.29) is 5.97 Å². The largest absolute Gasteiger partial charge is 0.465 e. The maximum atomic E-state index is 11.7. The summed E-state index contributed by atoms with van der Waals surface area (Å²) < 4.78 is 7.46. The van der Waals surface area contributed by atoms with Crippen LogP contribution in [0.2, 0.25) is 0 Å². The van der Waals surface area contributed by atoms with Crippen molar-refractivity contribution in [2.75, 3.05) is 7.11 Å². The van der Waals surface area contributed by atoms with Crippen molar-refractivity contribution >= 4 is 21.9 Å². The highest BCUT2D eigenvalue weighted by Crippen LogP contribution is 2.21. The Bertz CT molecular complexity index is 563. The lowest BCUT2D eigenvalue weighted by Gasteiger charge is -2.10. The van der Waals surface area contributed by atoms with Crippen LogP contribution in [0, 0.1) is 6.92 Å². The van der Waals surface area contributed by atoms with Crippen molar-refractivity contribution in [3.63, 3.8) is 0 Å². The molecule has 0 unspecified atom stereocenters. The van der Waals surface area contributed by atoms with E-state index in [4.69, 9.17) is 4.74 Å². The van der Waals surface area contributed by atoms with Gasteiger partial charge in [0.05, 0.1) is 18.4 Å². The van der Waals surface area contributed by atoms with E-state index in [1.807, 2.05) is 29.8 Å². The van der Waals surface area contributed by atoms with Gasteiger partial charge in [-0.05, 0) is 25.1 Å². The summed E-state index contributed by atoms with van der Waals surface area (Å²) in [5.74, 6) is 0.451. The van der Waals surface area contributed by atoms with Crippen LogP contribution in [0.1, 0.15) is 16.2 Å². The van der Waals surface area contributed by atoms with Crippen LogP contribution >= 0.6 is 15.9 Å². The zero-order valence-corrected chi connectivity index (χ0v) is 11.1. The summed E-state index contributed by atoms with van der Waals surface area (Å²) in [6, 6.07) is 5.47. The van der Waals surface area contributed by atoms with Gasteiger partial charge in [0.2, 0.25) is 0 Å². The first-order valence-corrected chi connectivity index (χ1v) is 5.81. The van der Waals surface area contributed by atoms with Gasteiger partial charge in [-0.1, -0.05) is 15.9 Å². The van der Waals surface area contributed by atoms with Gasteiger partial charge in [0.15, 0.2) is 0 Å². The zero-order valence-electron chi connectivity index (χ0n) is 9.48. The second-order valence-corrected chi connectivity index (χ2v) is 4.41. The molecule has 0 radical (unpaired) electrons. The van der Waals surface area contributed by atoms with Gasteiger partial charge in [-0.25, -0.2) is 9.78 Å². The first-order valence-electron chi connectivity index (χ1n) is 5.01. The van der Waals surface area contributed by atoms with Gasteiger partial charge in [-0.15, -0.1) is 0 Å².